The fourth-order valence-corrected chi connectivity index (χ4v) is 2.28. The molecule has 0 spiro atoms. The smallest absolute Gasteiger partial charge is 0.137 e. The Labute approximate surface area is 123 Å². The molecule has 6 heteroatoms. The second-order valence-electron chi connectivity index (χ2n) is 5.35. The second-order valence-corrected chi connectivity index (χ2v) is 6.39. The average Bonchev–Trinajstić information content (AvgIpc) is 2.39. The number of hydrogen-bond acceptors (Lipinski definition) is 6. The van der Waals surface area contributed by atoms with Crippen LogP contribution in [0.5, 0.6) is 0 Å². The van der Waals surface area contributed by atoms with E-state index in [0.29, 0.717) is 0 Å². The first-order chi connectivity index (χ1) is 9.49. The SMILES string of the molecule is CCNc1cc(Sc2ccncn2)nc(C(C)(C)C)n1. The Balaban J connectivity index is 2.34. The normalized spacial score (nSPS) is 11.4. The van der Waals surface area contributed by atoms with Crippen LogP contribution < -0.4 is 5.32 Å². The summed E-state index contributed by atoms with van der Waals surface area (Å²) >= 11 is 1.52. The van der Waals surface area contributed by atoms with Gasteiger partial charge in [-0.2, -0.15) is 0 Å². The van der Waals surface area contributed by atoms with E-state index in [2.05, 4.69) is 52.9 Å². The van der Waals surface area contributed by atoms with Crippen molar-refractivity contribution in [3.8, 4) is 0 Å². The average molecular weight is 289 g/mol. The van der Waals surface area contributed by atoms with Gasteiger partial charge in [0.2, 0.25) is 0 Å². The van der Waals surface area contributed by atoms with Gasteiger partial charge in [0, 0.05) is 24.2 Å². The van der Waals surface area contributed by atoms with E-state index in [1.54, 1.807) is 12.5 Å². The summed E-state index contributed by atoms with van der Waals surface area (Å²) in [6, 6.07) is 3.82. The van der Waals surface area contributed by atoms with Gasteiger partial charge >= 0.3 is 0 Å². The summed E-state index contributed by atoms with van der Waals surface area (Å²) in [7, 11) is 0. The zero-order valence-electron chi connectivity index (χ0n) is 12.2. The molecular formula is C14H19N5S. The lowest BCUT2D eigenvalue weighted by atomic mass is 9.96. The lowest BCUT2D eigenvalue weighted by Crippen LogP contribution is -2.17. The molecule has 20 heavy (non-hydrogen) atoms. The minimum absolute atomic E-state index is 0.0909. The third-order valence-corrected chi connectivity index (χ3v) is 3.36. The van der Waals surface area contributed by atoms with Crippen LogP contribution in [0.1, 0.15) is 33.5 Å². The van der Waals surface area contributed by atoms with Gasteiger partial charge < -0.3 is 5.32 Å². The topological polar surface area (TPSA) is 63.6 Å². The minimum atomic E-state index is -0.0909. The molecule has 0 aliphatic rings. The Morgan fingerprint density at radius 3 is 2.60 bits per heavy atom. The van der Waals surface area contributed by atoms with Gasteiger partial charge in [0.1, 0.15) is 28.0 Å². The third-order valence-electron chi connectivity index (χ3n) is 2.50. The summed E-state index contributed by atoms with van der Waals surface area (Å²) < 4.78 is 0. The van der Waals surface area contributed by atoms with Crippen molar-refractivity contribution in [2.75, 3.05) is 11.9 Å². The second kappa shape index (κ2) is 6.17. The van der Waals surface area contributed by atoms with Crippen molar-refractivity contribution < 1.29 is 0 Å². The molecule has 106 valence electrons. The molecule has 0 amide bonds. The predicted octanol–water partition coefficient (Wildman–Crippen LogP) is 3.15. The highest BCUT2D eigenvalue weighted by Gasteiger charge is 2.19. The molecular weight excluding hydrogens is 270 g/mol. The maximum atomic E-state index is 4.63. The first-order valence-electron chi connectivity index (χ1n) is 6.56. The van der Waals surface area contributed by atoms with Crippen molar-refractivity contribution in [2.45, 2.75) is 43.2 Å². The standard InChI is InChI=1S/C14H19N5S/c1-5-16-10-8-12(19-13(18-10)14(2,3)4)20-11-6-7-15-9-17-11/h6-9H,5H2,1-4H3,(H,16,18,19). The molecule has 0 saturated carbocycles. The number of rotatable bonds is 4. The van der Waals surface area contributed by atoms with Crippen molar-refractivity contribution >= 4 is 17.6 Å². The molecule has 2 aromatic heterocycles. The molecule has 1 N–H and O–H groups in total. The van der Waals surface area contributed by atoms with Crippen molar-refractivity contribution in [3.05, 3.63) is 30.5 Å². The minimum Gasteiger partial charge on any atom is -0.370 e. The van der Waals surface area contributed by atoms with Crippen LogP contribution in [0.25, 0.3) is 0 Å². The molecule has 0 aromatic carbocycles. The van der Waals surface area contributed by atoms with Crippen molar-refractivity contribution in [1.82, 2.24) is 19.9 Å². The molecule has 5 nitrogen and oxygen atoms in total. The fraction of sp³-hybridized carbons (Fsp3) is 0.429. The van der Waals surface area contributed by atoms with E-state index in [1.165, 1.54) is 11.8 Å². The Bertz CT molecular complexity index is 566. The first kappa shape index (κ1) is 14.7. The van der Waals surface area contributed by atoms with Crippen LogP contribution in [0.2, 0.25) is 0 Å². The summed E-state index contributed by atoms with van der Waals surface area (Å²) in [6.45, 7) is 9.21. The molecule has 0 aliphatic heterocycles. The molecule has 0 aliphatic carbocycles. The third kappa shape index (κ3) is 3.90. The summed E-state index contributed by atoms with van der Waals surface area (Å²) in [6.07, 6.45) is 3.27. The lowest BCUT2D eigenvalue weighted by Gasteiger charge is -2.18. The van der Waals surface area contributed by atoms with Gasteiger partial charge in [-0.3, -0.25) is 0 Å². The molecule has 2 heterocycles. The molecule has 0 radical (unpaired) electrons. The van der Waals surface area contributed by atoms with Crippen LogP contribution >= 0.6 is 11.8 Å². The summed E-state index contributed by atoms with van der Waals surface area (Å²) in [5, 5.41) is 5.01. The predicted molar refractivity (Wildman–Crippen MR) is 81.1 cm³/mol. The van der Waals surface area contributed by atoms with Crippen LogP contribution in [0.15, 0.2) is 34.7 Å². The number of hydrogen-bond donors (Lipinski definition) is 1. The molecule has 0 saturated heterocycles. The van der Waals surface area contributed by atoms with Crippen LogP contribution in [0, 0.1) is 0 Å². The van der Waals surface area contributed by atoms with Gasteiger partial charge in [0.15, 0.2) is 0 Å². The van der Waals surface area contributed by atoms with Gasteiger partial charge in [-0.25, -0.2) is 19.9 Å². The number of nitrogens with one attached hydrogen (secondary N) is 1. The van der Waals surface area contributed by atoms with E-state index in [-0.39, 0.29) is 5.41 Å². The summed E-state index contributed by atoms with van der Waals surface area (Å²) in [5.74, 6) is 1.68. The number of aromatic nitrogens is 4. The zero-order chi connectivity index (χ0) is 14.6. The van der Waals surface area contributed by atoms with E-state index < -0.39 is 0 Å². The fourth-order valence-electron chi connectivity index (χ4n) is 1.53. The zero-order valence-corrected chi connectivity index (χ0v) is 13.0. The largest absolute Gasteiger partial charge is 0.370 e. The quantitative estimate of drug-likeness (QED) is 0.872. The van der Waals surface area contributed by atoms with Crippen molar-refractivity contribution in [1.29, 1.82) is 0 Å². The highest BCUT2D eigenvalue weighted by molar-refractivity contribution is 7.99. The maximum absolute atomic E-state index is 4.63. The Kier molecular flexibility index (Phi) is 4.54. The maximum Gasteiger partial charge on any atom is 0.137 e. The van der Waals surface area contributed by atoms with Crippen molar-refractivity contribution in [3.63, 3.8) is 0 Å². The highest BCUT2D eigenvalue weighted by Crippen LogP contribution is 2.28. The van der Waals surface area contributed by atoms with Crippen LogP contribution in [0.3, 0.4) is 0 Å². The molecule has 0 bridgehead atoms. The Morgan fingerprint density at radius 1 is 1.20 bits per heavy atom. The summed E-state index contributed by atoms with van der Waals surface area (Å²) in [5.41, 5.74) is -0.0909. The molecule has 0 fully saturated rings. The van der Waals surface area contributed by atoms with Crippen LogP contribution in [0.4, 0.5) is 5.82 Å². The monoisotopic (exact) mass is 289 g/mol. The van der Waals surface area contributed by atoms with E-state index in [9.17, 15) is 0 Å². The highest BCUT2D eigenvalue weighted by atomic mass is 32.2. The number of nitrogens with zero attached hydrogens (tertiary/aromatic N) is 4. The Hall–Kier alpha value is -1.69. The molecule has 0 unspecified atom stereocenters. The number of anilines is 1. The summed E-state index contributed by atoms with van der Waals surface area (Å²) in [4.78, 5) is 17.3. The van der Waals surface area contributed by atoms with Gasteiger partial charge in [-0.05, 0) is 24.8 Å². The lowest BCUT2D eigenvalue weighted by molar-refractivity contribution is 0.539. The van der Waals surface area contributed by atoms with Crippen LogP contribution in [-0.2, 0) is 5.41 Å². The van der Waals surface area contributed by atoms with E-state index >= 15 is 0 Å². The van der Waals surface area contributed by atoms with Crippen LogP contribution in [-0.4, -0.2) is 26.5 Å². The first-order valence-corrected chi connectivity index (χ1v) is 7.38. The van der Waals surface area contributed by atoms with Gasteiger partial charge in [-0.1, -0.05) is 20.8 Å². The van der Waals surface area contributed by atoms with Gasteiger partial charge in [0.05, 0.1) is 0 Å². The molecule has 2 rings (SSSR count). The van der Waals surface area contributed by atoms with E-state index in [0.717, 1.165) is 28.2 Å². The van der Waals surface area contributed by atoms with Crippen molar-refractivity contribution in [2.24, 2.45) is 0 Å². The molecule has 0 atom stereocenters. The molecule has 2 aromatic rings. The van der Waals surface area contributed by atoms with Gasteiger partial charge in [0.25, 0.3) is 0 Å². The van der Waals surface area contributed by atoms with Gasteiger partial charge in [-0.15, -0.1) is 0 Å². The van der Waals surface area contributed by atoms with E-state index in [4.69, 9.17) is 0 Å². The Morgan fingerprint density at radius 2 is 2.00 bits per heavy atom. The van der Waals surface area contributed by atoms with E-state index in [1.807, 2.05) is 12.1 Å².